The number of hydrogen-bond donors (Lipinski definition) is 0. The number of rotatable bonds is 5. The highest BCUT2D eigenvalue weighted by Crippen LogP contribution is 2.01. The van der Waals surface area contributed by atoms with E-state index in [-0.39, 0.29) is 12.2 Å². The van der Waals surface area contributed by atoms with Crippen molar-refractivity contribution in [2.45, 2.75) is 27.2 Å². The van der Waals surface area contributed by atoms with Crippen LogP contribution < -0.4 is 5.19 Å². The second-order valence-corrected chi connectivity index (χ2v) is 5.88. The molecule has 0 amide bonds. The van der Waals surface area contributed by atoms with Crippen molar-refractivity contribution in [1.82, 2.24) is 0 Å². The monoisotopic (exact) mass is 250 g/mol. The van der Waals surface area contributed by atoms with Crippen molar-refractivity contribution >= 4 is 26.5 Å². The lowest BCUT2D eigenvalue weighted by Gasteiger charge is -2.08. The van der Waals surface area contributed by atoms with Gasteiger partial charge in [0, 0.05) is 0 Å². The average Bonchev–Trinajstić information content (AvgIpc) is 2.23. The Labute approximate surface area is 104 Å². The van der Waals surface area contributed by atoms with Crippen molar-refractivity contribution in [3.05, 3.63) is 29.3 Å². The number of hydrogen-bond acceptors (Lipinski definition) is 3. The van der Waals surface area contributed by atoms with Crippen LogP contribution >= 0.6 is 0 Å². The SMILES string of the molecule is CC(=O)CC(=O)OC[SiH2]c1cccc(C)c1C. The van der Waals surface area contributed by atoms with E-state index in [1.54, 1.807) is 0 Å². The molecule has 0 spiro atoms. The quantitative estimate of drug-likeness (QED) is 0.436. The molecule has 0 aliphatic heterocycles. The van der Waals surface area contributed by atoms with Crippen LogP contribution in [0.3, 0.4) is 0 Å². The van der Waals surface area contributed by atoms with Crippen LogP contribution in [0.1, 0.15) is 24.5 Å². The van der Waals surface area contributed by atoms with Gasteiger partial charge in [0.05, 0.1) is 15.7 Å². The van der Waals surface area contributed by atoms with E-state index >= 15 is 0 Å². The summed E-state index contributed by atoms with van der Waals surface area (Å²) in [5.41, 5.74) is 2.56. The Kier molecular flexibility index (Phi) is 5.09. The Balaban J connectivity index is 2.43. The minimum absolute atomic E-state index is 0.110. The second kappa shape index (κ2) is 6.35. The molecule has 1 aromatic carbocycles. The van der Waals surface area contributed by atoms with E-state index < -0.39 is 15.5 Å². The van der Waals surface area contributed by atoms with Crippen molar-refractivity contribution in [2.24, 2.45) is 0 Å². The molecule has 0 atom stereocenters. The van der Waals surface area contributed by atoms with Gasteiger partial charge >= 0.3 is 5.97 Å². The first-order chi connectivity index (χ1) is 8.00. The molecule has 3 nitrogen and oxygen atoms in total. The van der Waals surface area contributed by atoms with Crippen molar-refractivity contribution in [2.75, 3.05) is 6.23 Å². The van der Waals surface area contributed by atoms with Gasteiger partial charge in [-0.25, -0.2) is 0 Å². The molecule has 0 N–H and O–H groups in total. The molecule has 0 fully saturated rings. The van der Waals surface area contributed by atoms with Crippen molar-refractivity contribution < 1.29 is 14.3 Å². The van der Waals surface area contributed by atoms with Crippen LogP contribution in [0.4, 0.5) is 0 Å². The summed E-state index contributed by atoms with van der Waals surface area (Å²) < 4.78 is 5.05. The van der Waals surface area contributed by atoms with Crippen LogP contribution in [0.25, 0.3) is 0 Å². The van der Waals surface area contributed by atoms with Gasteiger partial charge in [0.1, 0.15) is 12.2 Å². The van der Waals surface area contributed by atoms with Gasteiger partial charge in [-0.15, -0.1) is 0 Å². The van der Waals surface area contributed by atoms with E-state index in [9.17, 15) is 9.59 Å². The first-order valence-electron chi connectivity index (χ1n) is 5.71. The molecule has 92 valence electrons. The van der Waals surface area contributed by atoms with E-state index in [4.69, 9.17) is 4.74 Å². The summed E-state index contributed by atoms with van der Waals surface area (Å²) in [7, 11) is -0.593. The molecule has 1 rings (SSSR count). The molecule has 0 unspecified atom stereocenters. The Morgan fingerprint density at radius 2 is 2.00 bits per heavy atom. The second-order valence-electron chi connectivity index (χ2n) is 4.21. The van der Waals surface area contributed by atoms with Crippen LogP contribution in [0.5, 0.6) is 0 Å². The maximum Gasteiger partial charge on any atom is 0.312 e. The predicted octanol–water partition coefficient (Wildman–Crippen LogP) is 0.577. The van der Waals surface area contributed by atoms with Crippen LogP contribution in [-0.2, 0) is 14.3 Å². The zero-order valence-corrected chi connectivity index (χ0v) is 12.0. The van der Waals surface area contributed by atoms with Gasteiger partial charge in [0.2, 0.25) is 0 Å². The third kappa shape index (κ3) is 4.52. The normalized spacial score (nSPS) is 10.8. The smallest absolute Gasteiger partial charge is 0.312 e. The number of carbonyl (C=O) groups excluding carboxylic acids is 2. The van der Waals surface area contributed by atoms with Gasteiger partial charge in [-0.2, -0.15) is 0 Å². The third-order valence-corrected chi connectivity index (χ3v) is 4.46. The summed E-state index contributed by atoms with van der Waals surface area (Å²) in [6, 6.07) is 6.20. The molecule has 4 heteroatoms. The van der Waals surface area contributed by atoms with Gasteiger partial charge in [-0.3, -0.25) is 9.59 Å². The lowest BCUT2D eigenvalue weighted by molar-refractivity contribution is -0.143. The fourth-order valence-corrected chi connectivity index (χ4v) is 3.12. The number of esters is 1. The lowest BCUT2D eigenvalue weighted by Crippen LogP contribution is -2.25. The first-order valence-corrected chi connectivity index (χ1v) is 7.41. The Morgan fingerprint density at radius 3 is 2.65 bits per heavy atom. The van der Waals surface area contributed by atoms with Crippen LogP contribution in [-0.4, -0.2) is 27.5 Å². The fourth-order valence-electron chi connectivity index (χ4n) is 1.61. The summed E-state index contributed by atoms with van der Waals surface area (Å²) in [6.07, 6.45) is 0.359. The fraction of sp³-hybridized carbons (Fsp3) is 0.385. The first kappa shape index (κ1) is 13.6. The summed E-state index contributed by atoms with van der Waals surface area (Å²) >= 11 is 0. The zero-order chi connectivity index (χ0) is 12.8. The predicted molar refractivity (Wildman–Crippen MR) is 70.4 cm³/mol. The number of Topliss-reactive ketones (excluding diaryl/α,β-unsaturated/α-hetero) is 1. The van der Waals surface area contributed by atoms with Crippen molar-refractivity contribution in [3.8, 4) is 0 Å². The highest BCUT2D eigenvalue weighted by molar-refractivity contribution is 6.54. The third-order valence-electron chi connectivity index (χ3n) is 2.74. The molecule has 0 aliphatic carbocycles. The summed E-state index contributed by atoms with van der Waals surface area (Å²) in [6.45, 7) is 5.56. The maximum absolute atomic E-state index is 11.2. The van der Waals surface area contributed by atoms with E-state index in [0.717, 1.165) is 0 Å². The van der Waals surface area contributed by atoms with Crippen LogP contribution in [0.2, 0.25) is 0 Å². The van der Waals surface area contributed by atoms with E-state index in [1.165, 1.54) is 23.2 Å². The number of ketones is 1. The van der Waals surface area contributed by atoms with Gasteiger partial charge in [0.15, 0.2) is 0 Å². The molecule has 0 saturated carbocycles. The number of aryl methyl sites for hydroxylation is 1. The Hall–Kier alpha value is -1.42. The van der Waals surface area contributed by atoms with Crippen LogP contribution in [0, 0.1) is 13.8 Å². The molecule has 0 bridgehead atoms. The average molecular weight is 250 g/mol. The summed E-state index contributed by atoms with van der Waals surface area (Å²) in [5, 5.41) is 1.32. The van der Waals surface area contributed by atoms with Gasteiger partial charge in [-0.05, 0) is 31.9 Å². The number of benzene rings is 1. The van der Waals surface area contributed by atoms with Crippen molar-refractivity contribution in [3.63, 3.8) is 0 Å². The molecule has 0 aliphatic rings. The largest absolute Gasteiger partial charge is 0.469 e. The zero-order valence-electron chi connectivity index (χ0n) is 10.6. The Morgan fingerprint density at radius 1 is 1.29 bits per heavy atom. The molecular weight excluding hydrogens is 232 g/mol. The minimum Gasteiger partial charge on any atom is -0.469 e. The van der Waals surface area contributed by atoms with Gasteiger partial charge in [-0.1, -0.05) is 23.4 Å². The molecule has 0 saturated heterocycles. The van der Waals surface area contributed by atoms with Gasteiger partial charge in [0.25, 0.3) is 0 Å². The molecule has 17 heavy (non-hydrogen) atoms. The minimum atomic E-state index is -0.593. The van der Waals surface area contributed by atoms with E-state index in [1.807, 2.05) is 6.07 Å². The van der Waals surface area contributed by atoms with E-state index in [2.05, 4.69) is 26.0 Å². The van der Waals surface area contributed by atoms with Crippen molar-refractivity contribution in [1.29, 1.82) is 0 Å². The standard InChI is InChI=1S/C13H18O3Si/c1-9-5-4-6-12(11(9)3)17-8-16-13(15)7-10(2)14/h4-6H,7-8,17H2,1-3H3. The number of ether oxygens (including phenoxy) is 1. The summed E-state index contributed by atoms with van der Waals surface area (Å²) in [4.78, 5) is 21.9. The van der Waals surface area contributed by atoms with Crippen LogP contribution in [0.15, 0.2) is 18.2 Å². The van der Waals surface area contributed by atoms with Gasteiger partial charge < -0.3 is 4.74 Å². The Bertz CT molecular complexity index is 427. The molecule has 1 aromatic rings. The number of carbonyl (C=O) groups is 2. The molecule has 0 heterocycles. The molecule has 0 radical (unpaired) electrons. The lowest BCUT2D eigenvalue weighted by atomic mass is 10.1. The summed E-state index contributed by atoms with van der Waals surface area (Å²) in [5.74, 6) is -0.557. The maximum atomic E-state index is 11.2. The highest BCUT2D eigenvalue weighted by Gasteiger charge is 2.07. The topological polar surface area (TPSA) is 43.4 Å². The van der Waals surface area contributed by atoms with E-state index in [0.29, 0.717) is 6.23 Å². The highest BCUT2D eigenvalue weighted by atomic mass is 28.2. The molecular formula is C13H18O3Si. The molecule has 0 aromatic heterocycles.